The molecule has 140 valence electrons. The largest absolute Gasteiger partial charge is 0.261 e. The molecule has 0 spiro atoms. The average Bonchev–Trinajstić information content (AvgIpc) is 2.69. The number of aromatic nitrogens is 6. The molecule has 0 saturated heterocycles. The van der Waals surface area contributed by atoms with Crippen LogP contribution in [-0.4, -0.2) is 29.9 Å². The first-order valence-corrected chi connectivity index (χ1v) is 9.41. The molecule has 0 aromatic carbocycles. The van der Waals surface area contributed by atoms with Crippen LogP contribution in [0.4, 0.5) is 0 Å². The molecule has 0 radical (unpaired) electrons. The van der Waals surface area contributed by atoms with E-state index in [2.05, 4.69) is 47.6 Å². The van der Waals surface area contributed by atoms with Gasteiger partial charge in [0.05, 0.1) is 11.4 Å². The molecule has 0 aliphatic heterocycles. The van der Waals surface area contributed by atoms with Gasteiger partial charge in [-0.15, -0.1) is 0 Å². The fourth-order valence-corrected chi connectivity index (χ4v) is 2.98. The second-order valence-corrected chi connectivity index (χ2v) is 7.34. The lowest BCUT2D eigenvalue weighted by Crippen LogP contribution is -2.10. The fraction of sp³-hybridized carbons (Fsp3) is 0.429. The van der Waals surface area contributed by atoms with E-state index in [1.807, 2.05) is 30.7 Å². The first kappa shape index (κ1) is 19.0. The molecule has 6 nitrogen and oxygen atoms in total. The van der Waals surface area contributed by atoms with Crippen molar-refractivity contribution in [1.29, 1.82) is 0 Å². The molecule has 27 heavy (non-hydrogen) atoms. The summed E-state index contributed by atoms with van der Waals surface area (Å²) in [5, 5.41) is 0. The zero-order valence-electron chi connectivity index (χ0n) is 16.4. The zero-order valence-corrected chi connectivity index (χ0v) is 16.4. The highest BCUT2D eigenvalue weighted by atomic mass is 14.9. The van der Waals surface area contributed by atoms with Crippen molar-refractivity contribution in [3.63, 3.8) is 0 Å². The standard InChI is InChI=1S/C21H26N6/c1-14(2)20-12-23-11-18(26-20)10-16(4)21-24-8-5-17(27-21)9-15(3)19-6-7-22-13-25-19/h5-8,11-16H,9-10H2,1-4H3. The first-order valence-electron chi connectivity index (χ1n) is 9.41. The Bertz CT molecular complexity index is 865. The van der Waals surface area contributed by atoms with E-state index in [4.69, 9.17) is 9.97 Å². The monoisotopic (exact) mass is 362 g/mol. The third-order valence-corrected chi connectivity index (χ3v) is 4.61. The molecule has 0 aliphatic rings. The van der Waals surface area contributed by atoms with E-state index in [0.29, 0.717) is 5.92 Å². The van der Waals surface area contributed by atoms with E-state index in [0.717, 1.165) is 41.4 Å². The Hall–Kier alpha value is -2.76. The van der Waals surface area contributed by atoms with Crippen molar-refractivity contribution in [1.82, 2.24) is 29.9 Å². The van der Waals surface area contributed by atoms with Crippen LogP contribution in [0.2, 0.25) is 0 Å². The summed E-state index contributed by atoms with van der Waals surface area (Å²) < 4.78 is 0. The van der Waals surface area contributed by atoms with Gasteiger partial charge in [0.2, 0.25) is 0 Å². The molecular weight excluding hydrogens is 336 g/mol. The van der Waals surface area contributed by atoms with E-state index in [-0.39, 0.29) is 11.8 Å². The Kier molecular flexibility index (Phi) is 6.16. The normalized spacial score (nSPS) is 13.5. The van der Waals surface area contributed by atoms with Gasteiger partial charge in [-0.25, -0.2) is 19.9 Å². The minimum Gasteiger partial charge on any atom is -0.261 e. The number of nitrogens with zero attached hydrogens (tertiary/aromatic N) is 6. The van der Waals surface area contributed by atoms with Gasteiger partial charge in [0, 0.05) is 54.4 Å². The molecule has 2 unspecified atom stereocenters. The zero-order chi connectivity index (χ0) is 19.2. The van der Waals surface area contributed by atoms with Crippen LogP contribution in [0.3, 0.4) is 0 Å². The third-order valence-electron chi connectivity index (χ3n) is 4.61. The van der Waals surface area contributed by atoms with Crippen LogP contribution in [0.25, 0.3) is 0 Å². The third kappa shape index (κ3) is 5.12. The molecule has 2 atom stereocenters. The summed E-state index contributed by atoms with van der Waals surface area (Å²) in [7, 11) is 0. The molecule has 0 N–H and O–H groups in total. The number of rotatable bonds is 7. The number of hydrogen-bond donors (Lipinski definition) is 0. The maximum Gasteiger partial charge on any atom is 0.131 e. The number of hydrogen-bond acceptors (Lipinski definition) is 6. The van der Waals surface area contributed by atoms with Gasteiger partial charge < -0.3 is 0 Å². The quantitative estimate of drug-likeness (QED) is 0.635. The molecule has 0 amide bonds. The highest BCUT2D eigenvalue weighted by Crippen LogP contribution is 2.20. The Morgan fingerprint density at radius 3 is 2.30 bits per heavy atom. The van der Waals surface area contributed by atoms with Gasteiger partial charge in [-0.1, -0.05) is 27.7 Å². The lowest BCUT2D eigenvalue weighted by molar-refractivity contribution is 0.652. The predicted octanol–water partition coefficient (Wildman–Crippen LogP) is 3.87. The summed E-state index contributed by atoms with van der Waals surface area (Å²) in [6.45, 7) is 8.54. The van der Waals surface area contributed by atoms with Crippen molar-refractivity contribution >= 4 is 0 Å². The minimum atomic E-state index is 0.177. The van der Waals surface area contributed by atoms with Crippen molar-refractivity contribution < 1.29 is 0 Å². The second kappa shape index (κ2) is 8.75. The average molecular weight is 362 g/mol. The Labute approximate surface area is 160 Å². The molecule has 0 saturated carbocycles. The molecule has 6 heteroatoms. The van der Waals surface area contributed by atoms with Crippen LogP contribution in [0.15, 0.2) is 43.2 Å². The molecule has 3 rings (SSSR count). The summed E-state index contributed by atoms with van der Waals surface area (Å²) in [6, 6.07) is 3.93. The van der Waals surface area contributed by atoms with Gasteiger partial charge in [-0.3, -0.25) is 9.97 Å². The molecule has 3 aromatic rings. The summed E-state index contributed by atoms with van der Waals surface area (Å²) >= 11 is 0. The summed E-state index contributed by atoms with van der Waals surface area (Å²) in [4.78, 5) is 26.6. The Balaban J connectivity index is 1.70. The summed E-state index contributed by atoms with van der Waals surface area (Å²) in [5.74, 6) is 1.67. The molecular formula is C21H26N6. The molecule has 0 bridgehead atoms. The molecule has 3 heterocycles. The SMILES string of the molecule is CC(C)c1cncc(CC(C)c2nccc(CC(C)c3ccncn3)n2)n1. The maximum absolute atomic E-state index is 4.79. The highest BCUT2D eigenvalue weighted by Gasteiger charge is 2.14. The minimum absolute atomic E-state index is 0.177. The van der Waals surface area contributed by atoms with Gasteiger partial charge in [0.25, 0.3) is 0 Å². The Morgan fingerprint density at radius 2 is 1.56 bits per heavy atom. The van der Waals surface area contributed by atoms with Crippen LogP contribution in [-0.2, 0) is 12.8 Å². The predicted molar refractivity (Wildman–Crippen MR) is 104 cm³/mol. The van der Waals surface area contributed by atoms with Gasteiger partial charge >= 0.3 is 0 Å². The lowest BCUT2D eigenvalue weighted by Gasteiger charge is -2.14. The lowest BCUT2D eigenvalue weighted by atomic mass is 10.0. The van der Waals surface area contributed by atoms with E-state index in [1.54, 1.807) is 12.5 Å². The van der Waals surface area contributed by atoms with Gasteiger partial charge in [-0.2, -0.15) is 0 Å². The summed E-state index contributed by atoms with van der Waals surface area (Å²) in [6.07, 6.45) is 10.5. The fourth-order valence-electron chi connectivity index (χ4n) is 2.98. The first-order chi connectivity index (χ1) is 13.0. The molecule has 0 aliphatic carbocycles. The molecule has 0 fully saturated rings. The van der Waals surface area contributed by atoms with Crippen molar-refractivity contribution in [2.75, 3.05) is 0 Å². The van der Waals surface area contributed by atoms with Gasteiger partial charge in [0.1, 0.15) is 12.2 Å². The van der Waals surface area contributed by atoms with Crippen molar-refractivity contribution in [3.05, 3.63) is 71.8 Å². The summed E-state index contributed by atoms with van der Waals surface area (Å²) in [5.41, 5.74) is 4.06. The van der Waals surface area contributed by atoms with Crippen LogP contribution >= 0.6 is 0 Å². The second-order valence-electron chi connectivity index (χ2n) is 7.34. The van der Waals surface area contributed by atoms with E-state index in [9.17, 15) is 0 Å². The van der Waals surface area contributed by atoms with Crippen LogP contribution in [0.1, 0.15) is 74.0 Å². The van der Waals surface area contributed by atoms with Gasteiger partial charge in [-0.05, 0) is 24.5 Å². The van der Waals surface area contributed by atoms with Gasteiger partial charge in [0.15, 0.2) is 0 Å². The van der Waals surface area contributed by atoms with Crippen molar-refractivity contribution in [2.45, 2.75) is 58.3 Å². The topological polar surface area (TPSA) is 77.3 Å². The maximum atomic E-state index is 4.79. The smallest absolute Gasteiger partial charge is 0.131 e. The van der Waals surface area contributed by atoms with Crippen LogP contribution in [0.5, 0.6) is 0 Å². The van der Waals surface area contributed by atoms with Crippen molar-refractivity contribution in [2.24, 2.45) is 0 Å². The Morgan fingerprint density at radius 1 is 0.741 bits per heavy atom. The van der Waals surface area contributed by atoms with E-state index >= 15 is 0 Å². The van der Waals surface area contributed by atoms with Crippen LogP contribution < -0.4 is 0 Å². The van der Waals surface area contributed by atoms with E-state index in [1.165, 1.54) is 0 Å². The van der Waals surface area contributed by atoms with Crippen LogP contribution in [0, 0.1) is 0 Å². The van der Waals surface area contributed by atoms with E-state index < -0.39 is 0 Å². The highest BCUT2D eigenvalue weighted by molar-refractivity contribution is 5.14. The van der Waals surface area contributed by atoms with Crippen molar-refractivity contribution in [3.8, 4) is 0 Å². The molecule has 3 aromatic heterocycles.